The van der Waals surface area contributed by atoms with E-state index in [1.54, 1.807) is 14.0 Å². The summed E-state index contributed by atoms with van der Waals surface area (Å²) in [4.78, 5) is 11.4. The van der Waals surface area contributed by atoms with E-state index in [9.17, 15) is 4.79 Å². The van der Waals surface area contributed by atoms with Crippen molar-refractivity contribution in [2.75, 3.05) is 20.3 Å². The molecule has 5 heteroatoms. The molecule has 2 unspecified atom stereocenters. The van der Waals surface area contributed by atoms with E-state index in [2.05, 4.69) is 5.32 Å². The van der Waals surface area contributed by atoms with Crippen molar-refractivity contribution in [2.24, 2.45) is 5.73 Å². The first-order valence-electron chi connectivity index (χ1n) is 6.00. The molecule has 3 N–H and O–H groups in total. The van der Waals surface area contributed by atoms with Crippen molar-refractivity contribution in [2.45, 2.75) is 51.8 Å². The molecule has 0 aromatic carbocycles. The molecular weight excluding hydrogens is 220 g/mol. The zero-order chi connectivity index (χ0) is 13.5. The van der Waals surface area contributed by atoms with Crippen molar-refractivity contribution in [1.29, 1.82) is 0 Å². The second-order valence-corrected chi connectivity index (χ2v) is 4.88. The summed E-state index contributed by atoms with van der Waals surface area (Å²) >= 11 is 0. The normalized spacial score (nSPS) is 16.8. The monoisotopic (exact) mass is 246 g/mol. The van der Waals surface area contributed by atoms with Crippen LogP contribution in [0.5, 0.6) is 0 Å². The summed E-state index contributed by atoms with van der Waals surface area (Å²) in [6.45, 7) is 8.72. The number of nitrogens with two attached hydrogens (primary N) is 1. The minimum atomic E-state index is -0.721. The molecule has 0 aliphatic carbocycles. The molecule has 0 radical (unpaired) electrons. The van der Waals surface area contributed by atoms with Crippen LogP contribution in [0.4, 0.5) is 0 Å². The Bertz CT molecular complexity index is 234. The minimum absolute atomic E-state index is 0.0242. The zero-order valence-corrected chi connectivity index (χ0v) is 11.6. The maximum absolute atomic E-state index is 11.4. The Hall–Kier alpha value is -0.650. The average Bonchev–Trinajstić information content (AvgIpc) is 2.16. The maximum Gasteiger partial charge on any atom is 0.237 e. The molecule has 1 amide bonds. The predicted octanol–water partition coefficient (Wildman–Crippen LogP) is 0.670. The van der Waals surface area contributed by atoms with Crippen molar-refractivity contribution < 1.29 is 14.3 Å². The first kappa shape index (κ1) is 16.4. The second-order valence-electron chi connectivity index (χ2n) is 4.88. The van der Waals surface area contributed by atoms with Gasteiger partial charge in [0.2, 0.25) is 5.91 Å². The number of carbonyl (C=O) groups excluding carboxylic acids is 1. The SMILES string of the molecule is COCC(C)OCCC(C)(NC(C)C)C(N)=O. The van der Waals surface area contributed by atoms with Gasteiger partial charge in [0.05, 0.1) is 18.2 Å². The van der Waals surface area contributed by atoms with E-state index in [0.717, 1.165) is 0 Å². The maximum atomic E-state index is 11.4. The van der Waals surface area contributed by atoms with Crippen LogP contribution in [-0.4, -0.2) is 43.9 Å². The molecule has 0 aliphatic rings. The Morgan fingerprint density at radius 1 is 1.41 bits per heavy atom. The van der Waals surface area contributed by atoms with Crippen LogP contribution in [-0.2, 0) is 14.3 Å². The van der Waals surface area contributed by atoms with Gasteiger partial charge in [-0.15, -0.1) is 0 Å². The van der Waals surface area contributed by atoms with Gasteiger partial charge < -0.3 is 20.5 Å². The lowest BCUT2D eigenvalue weighted by Gasteiger charge is -2.30. The number of methoxy groups -OCH3 is 1. The third-order valence-electron chi connectivity index (χ3n) is 2.56. The Morgan fingerprint density at radius 2 is 2.00 bits per heavy atom. The molecule has 0 aromatic heterocycles. The van der Waals surface area contributed by atoms with Crippen LogP contribution < -0.4 is 11.1 Å². The third-order valence-corrected chi connectivity index (χ3v) is 2.56. The van der Waals surface area contributed by atoms with Crippen molar-refractivity contribution in [3.8, 4) is 0 Å². The molecule has 5 nitrogen and oxygen atoms in total. The van der Waals surface area contributed by atoms with Crippen LogP contribution in [0.1, 0.15) is 34.1 Å². The van der Waals surface area contributed by atoms with Gasteiger partial charge in [0, 0.05) is 19.8 Å². The summed E-state index contributed by atoms with van der Waals surface area (Å²) in [5.41, 5.74) is 4.69. The number of amides is 1. The van der Waals surface area contributed by atoms with Gasteiger partial charge in [0.15, 0.2) is 0 Å². The molecule has 17 heavy (non-hydrogen) atoms. The lowest BCUT2D eigenvalue weighted by atomic mass is 9.96. The fourth-order valence-corrected chi connectivity index (χ4v) is 1.65. The average molecular weight is 246 g/mol. The van der Waals surface area contributed by atoms with Crippen LogP contribution in [0.2, 0.25) is 0 Å². The van der Waals surface area contributed by atoms with E-state index in [1.807, 2.05) is 20.8 Å². The van der Waals surface area contributed by atoms with E-state index in [1.165, 1.54) is 0 Å². The van der Waals surface area contributed by atoms with Gasteiger partial charge in [-0.1, -0.05) is 0 Å². The smallest absolute Gasteiger partial charge is 0.237 e. The van der Waals surface area contributed by atoms with Crippen molar-refractivity contribution in [1.82, 2.24) is 5.32 Å². The van der Waals surface area contributed by atoms with Crippen LogP contribution in [0, 0.1) is 0 Å². The lowest BCUT2D eigenvalue weighted by Crippen LogP contribution is -2.56. The Kier molecular flexibility index (Phi) is 7.34. The van der Waals surface area contributed by atoms with Gasteiger partial charge in [-0.05, 0) is 34.1 Å². The Balaban J connectivity index is 4.14. The summed E-state index contributed by atoms with van der Waals surface area (Å²) in [6.07, 6.45) is 0.574. The molecule has 0 rings (SSSR count). The van der Waals surface area contributed by atoms with Crippen molar-refractivity contribution >= 4 is 5.91 Å². The summed E-state index contributed by atoms with van der Waals surface area (Å²) in [5.74, 6) is -0.353. The summed E-state index contributed by atoms with van der Waals surface area (Å²) < 4.78 is 10.5. The number of hydrogen-bond acceptors (Lipinski definition) is 4. The highest BCUT2D eigenvalue weighted by molar-refractivity contribution is 5.84. The fourth-order valence-electron chi connectivity index (χ4n) is 1.65. The number of primary amides is 1. The van der Waals surface area contributed by atoms with Crippen LogP contribution in [0.3, 0.4) is 0 Å². The van der Waals surface area contributed by atoms with E-state index in [4.69, 9.17) is 15.2 Å². The summed E-state index contributed by atoms with van der Waals surface area (Å²) in [6, 6.07) is 0.198. The number of hydrogen-bond donors (Lipinski definition) is 2. The largest absolute Gasteiger partial charge is 0.382 e. The molecule has 0 spiro atoms. The van der Waals surface area contributed by atoms with E-state index >= 15 is 0 Å². The zero-order valence-electron chi connectivity index (χ0n) is 11.6. The molecule has 0 aliphatic heterocycles. The highest BCUT2D eigenvalue weighted by atomic mass is 16.5. The molecule has 0 fully saturated rings. The molecule has 0 heterocycles. The van der Waals surface area contributed by atoms with E-state index in [0.29, 0.717) is 19.6 Å². The quantitative estimate of drug-likeness (QED) is 0.627. The van der Waals surface area contributed by atoms with Gasteiger partial charge in [-0.3, -0.25) is 4.79 Å². The molecule has 0 bridgehead atoms. The van der Waals surface area contributed by atoms with Crippen LogP contribution in [0.15, 0.2) is 0 Å². The summed E-state index contributed by atoms with van der Waals surface area (Å²) in [7, 11) is 1.63. The predicted molar refractivity (Wildman–Crippen MR) is 67.8 cm³/mol. The van der Waals surface area contributed by atoms with Gasteiger partial charge in [-0.2, -0.15) is 0 Å². The number of rotatable bonds is 9. The van der Waals surface area contributed by atoms with E-state index in [-0.39, 0.29) is 18.1 Å². The summed E-state index contributed by atoms with van der Waals surface area (Å²) in [5, 5.41) is 3.18. The van der Waals surface area contributed by atoms with E-state index < -0.39 is 5.54 Å². The van der Waals surface area contributed by atoms with Gasteiger partial charge in [-0.25, -0.2) is 0 Å². The Morgan fingerprint density at radius 3 is 2.41 bits per heavy atom. The highest BCUT2D eigenvalue weighted by Crippen LogP contribution is 2.11. The first-order chi connectivity index (χ1) is 7.81. The molecule has 2 atom stereocenters. The second kappa shape index (κ2) is 7.63. The topological polar surface area (TPSA) is 73.6 Å². The van der Waals surface area contributed by atoms with Gasteiger partial charge >= 0.3 is 0 Å². The van der Waals surface area contributed by atoms with Gasteiger partial charge in [0.1, 0.15) is 0 Å². The first-order valence-corrected chi connectivity index (χ1v) is 6.00. The number of ether oxygens (including phenoxy) is 2. The van der Waals surface area contributed by atoms with Crippen molar-refractivity contribution in [3.05, 3.63) is 0 Å². The lowest BCUT2D eigenvalue weighted by molar-refractivity contribution is -0.125. The molecular formula is C12H26N2O3. The molecule has 0 saturated carbocycles. The number of carbonyl (C=O) groups is 1. The fraction of sp³-hybridized carbons (Fsp3) is 0.917. The molecule has 0 aromatic rings. The van der Waals surface area contributed by atoms with Crippen molar-refractivity contribution in [3.63, 3.8) is 0 Å². The molecule has 102 valence electrons. The van der Waals surface area contributed by atoms with Gasteiger partial charge in [0.25, 0.3) is 0 Å². The molecule has 0 saturated heterocycles. The standard InChI is InChI=1S/C12H26N2O3/c1-9(2)14-12(4,11(13)15)6-7-17-10(3)8-16-5/h9-10,14H,6-8H2,1-5H3,(H2,13,15). The highest BCUT2D eigenvalue weighted by Gasteiger charge is 2.31. The van der Waals surface area contributed by atoms with Crippen LogP contribution in [0.25, 0.3) is 0 Å². The third kappa shape index (κ3) is 6.61. The number of nitrogens with one attached hydrogen (secondary N) is 1. The van der Waals surface area contributed by atoms with Crippen LogP contribution >= 0.6 is 0 Å². The minimum Gasteiger partial charge on any atom is -0.382 e. The Labute approximate surface area is 104 Å².